The molecule has 0 saturated carbocycles. The molecule has 134 valence electrons. The van der Waals surface area contributed by atoms with Gasteiger partial charge in [-0.15, -0.1) is 0 Å². The Morgan fingerprint density at radius 1 is 1.28 bits per heavy atom. The highest BCUT2D eigenvalue weighted by Gasteiger charge is 2.17. The van der Waals surface area contributed by atoms with Crippen molar-refractivity contribution in [3.05, 3.63) is 52.9 Å². The minimum atomic E-state index is -0.208. The van der Waals surface area contributed by atoms with Gasteiger partial charge in [0.2, 0.25) is 0 Å². The van der Waals surface area contributed by atoms with Gasteiger partial charge >= 0.3 is 0 Å². The SMILES string of the molecule is Cc1cccc(COCc2cc(C(=O)NCC3CCOCC3)no2)c1. The van der Waals surface area contributed by atoms with Gasteiger partial charge in [-0.05, 0) is 31.2 Å². The Balaban J connectivity index is 1.42. The van der Waals surface area contributed by atoms with Gasteiger partial charge in [0.25, 0.3) is 5.91 Å². The number of carbonyl (C=O) groups excluding carboxylic acids is 1. The summed E-state index contributed by atoms with van der Waals surface area (Å²) >= 11 is 0. The number of rotatable bonds is 7. The van der Waals surface area contributed by atoms with E-state index in [1.807, 2.05) is 25.1 Å². The number of carbonyl (C=O) groups is 1. The first kappa shape index (κ1) is 17.6. The van der Waals surface area contributed by atoms with Crippen LogP contribution in [0.1, 0.15) is 40.2 Å². The van der Waals surface area contributed by atoms with Gasteiger partial charge in [-0.1, -0.05) is 35.0 Å². The van der Waals surface area contributed by atoms with E-state index in [0.717, 1.165) is 31.6 Å². The molecule has 0 spiro atoms. The van der Waals surface area contributed by atoms with Crippen molar-refractivity contribution in [1.29, 1.82) is 0 Å². The number of hydrogen-bond donors (Lipinski definition) is 1. The number of ether oxygens (including phenoxy) is 2. The summed E-state index contributed by atoms with van der Waals surface area (Å²) in [5.41, 5.74) is 2.60. The van der Waals surface area contributed by atoms with E-state index in [1.165, 1.54) is 5.56 Å². The third kappa shape index (κ3) is 5.41. The van der Waals surface area contributed by atoms with Crippen LogP contribution in [0.25, 0.3) is 0 Å². The molecule has 0 unspecified atom stereocenters. The van der Waals surface area contributed by atoms with Crippen LogP contribution in [0.2, 0.25) is 0 Å². The topological polar surface area (TPSA) is 73.6 Å². The maximum Gasteiger partial charge on any atom is 0.273 e. The summed E-state index contributed by atoms with van der Waals surface area (Å²) in [5.74, 6) is 0.811. The highest BCUT2D eigenvalue weighted by Crippen LogP contribution is 2.14. The van der Waals surface area contributed by atoms with Gasteiger partial charge in [-0.2, -0.15) is 0 Å². The Bertz CT molecular complexity index is 692. The molecule has 1 aromatic heterocycles. The number of aryl methyl sites for hydroxylation is 1. The van der Waals surface area contributed by atoms with Gasteiger partial charge < -0.3 is 19.3 Å². The van der Waals surface area contributed by atoms with E-state index >= 15 is 0 Å². The molecule has 1 aliphatic heterocycles. The summed E-state index contributed by atoms with van der Waals surface area (Å²) in [6.45, 7) is 5.02. The van der Waals surface area contributed by atoms with E-state index in [4.69, 9.17) is 14.0 Å². The van der Waals surface area contributed by atoms with E-state index in [-0.39, 0.29) is 12.5 Å². The molecule has 6 heteroatoms. The molecule has 0 bridgehead atoms. The fourth-order valence-corrected chi connectivity index (χ4v) is 2.84. The average molecular weight is 344 g/mol. The lowest BCUT2D eigenvalue weighted by molar-refractivity contribution is 0.0641. The molecule has 3 rings (SSSR count). The van der Waals surface area contributed by atoms with Gasteiger partial charge in [0.15, 0.2) is 11.5 Å². The van der Waals surface area contributed by atoms with E-state index in [9.17, 15) is 4.79 Å². The second-order valence-corrected chi connectivity index (χ2v) is 6.43. The number of benzene rings is 1. The molecule has 0 atom stereocenters. The van der Waals surface area contributed by atoms with Gasteiger partial charge in [-0.25, -0.2) is 0 Å². The zero-order valence-corrected chi connectivity index (χ0v) is 14.5. The van der Waals surface area contributed by atoms with Crippen molar-refractivity contribution in [3.63, 3.8) is 0 Å². The summed E-state index contributed by atoms with van der Waals surface area (Å²) in [4.78, 5) is 12.1. The first-order chi connectivity index (χ1) is 12.2. The lowest BCUT2D eigenvalue weighted by Gasteiger charge is -2.21. The van der Waals surface area contributed by atoms with E-state index < -0.39 is 0 Å². The molecule has 2 aromatic rings. The van der Waals surface area contributed by atoms with Crippen LogP contribution in [0, 0.1) is 12.8 Å². The highest BCUT2D eigenvalue weighted by atomic mass is 16.5. The molecule has 0 aliphatic carbocycles. The van der Waals surface area contributed by atoms with Gasteiger partial charge in [0, 0.05) is 25.8 Å². The first-order valence-corrected chi connectivity index (χ1v) is 8.65. The Kier molecular flexibility index (Phi) is 6.19. The summed E-state index contributed by atoms with van der Waals surface area (Å²) in [7, 11) is 0. The van der Waals surface area contributed by atoms with Crippen LogP contribution in [0.15, 0.2) is 34.9 Å². The molecule has 1 aliphatic rings. The average Bonchev–Trinajstić information content (AvgIpc) is 3.10. The Labute approximate surface area is 147 Å². The van der Waals surface area contributed by atoms with Crippen LogP contribution >= 0.6 is 0 Å². The fraction of sp³-hybridized carbons (Fsp3) is 0.474. The number of amides is 1. The molecular weight excluding hydrogens is 320 g/mol. The molecule has 1 fully saturated rings. The van der Waals surface area contributed by atoms with Crippen molar-refractivity contribution >= 4 is 5.91 Å². The van der Waals surface area contributed by atoms with Crippen molar-refractivity contribution in [1.82, 2.24) is 10.5 Å². The zero-order valence-electron chi connectivity index (χ0n) is 14.5. The largest absolute Gasteiger partial charge is 0.381 e. The zero-order chi connectivity index (χ0) is 17.5. The third-order valence-electron chi connectivity index (χ3n) is 4.28. The second-order valence-electron chi connectivity index (χ2n) is 6.43. The normalized spacial score (nSPS) is 15.2. The first-order valence-electron chi connectivity index (χ1n) is 8.65. The number of nitrogens with one attached hydrogen (secondary N) is 1. The Morgan fingerprint density at radius 3 is 2.92 bits per heavy atom. The lowest BCUT2D eigenvalue weighted by Crippen LogP contribution is -2.32. The van der Waals surface area contributed by atoms with Crippen molar-refractivity contribution in [2.24, 2.45) is 5.92 Å². The van der Waals surface area contributed by atoms with E-state index in [1.54, 1.807) is 6.07 Å². The number of aromatic nitrogens is 1. The van der Waals surface area contributed by atoms with Crippen LogP contribution in [0.5, 0.6) is 0 Å². The van der Waals surface area contributed by atoms with Gasteiger partial charge in [0.05, 0.1) is 6.61 Å². The molecule has 1 N–H and O–H groups in total. The predicted molar refractivity (Wildman–Crippen MR) is 92.1 cm³/mol. The summed E-state index contributed by atoms with van der Waals surface area (Å²) in [6, 6.07) is 9.78. The Morgan fingerprint density at radius 2 is 2.12 bits per heavy atom. The molecule has 1 saturated heterocycles. The van der Waals surface area contributed by atoms with Crippen LogP contribution in [-0.2, 0) is 22.7 Å². The molecule has 1 aromatic carbocycles. The monoisotopic (exact) mass is 344 g/mol. The Hall–Kier alpha value is -2.18. The van der Waals surface area contributed by atoms with Crippen molar-refractivity contribution < 1.29 is 18.8 Å². The quantitative estimate of drug-likeness (QED) is 0.836. The summed E-state index contributed by atoms with van der Waals surface area (Å²) in [5, 5.41) is 6.74. The van der Waals surface area contributed by atoms with Crippen LogP contribution in [0.3, 0.4) is 0 Å². The molecule has 2 heterocycles. The maximum absolute atomic E-state index is 12.1. The molecule has 1 amide bonds. The summed E-state index contributed by atoms with van der Waals surface area (Å²) < 4.78 is 16.1. The number of hydrogen-bond acceptors (Lipinski definition) is 5. The maximum atomic E-state index is 12.1. The smallest absolute Gasteiger partial charge is 0.273 e. The minimum absolute atomic E-state index is 0.208. The minimum Gasteiger partial charge on any atom is -0.381 e. The lowest BCUT2D eigenvalue weighted by atomic mass is 10.0. The molecule has 6 nitrogen and oxygen atoms in total. The van der Waals surface area contributed by atoms with Crippen molar-refractivity contribution in [2.45, 2.75) is 33.0 Å². The number of nitrogens with zero attached hydrogens (tertiary/aromatic N) is 1. The van der Waals surface area contributed by atoms with Crippen molar-refractivity contribution in [3.8, 4) is 0 Å². The molecular formula is C19H24N2O4. The molecule has 25 heavy (non-hydrogen) atoms. The highest BCUT2D eigenvalue weighted by molar-refractivity contribution is 5.92. The standard InChI is InChI=1S/C19H24N2O4/c1-14-3-2-4-16(9-14)12-24-13-17-10-18(21-25-17)19(22)20-11-15-5-7-23-8-6-15/h2-4,9-10,15H,5-8,11-13H2,1H3,(H,20,22). The van der Waals surface area contributed by atoms with Gasteiger partial charge in [0.1, 0.15) is 6.61 Å². The van der Waals surface area contributed by atoms with Crippen LogP contribution < -0.4 is 5.32 Å². The van der Waals surface area contributed by atoms with Crippen molar-refractivity contribution in [2.75, 3.05) is 19.8 Å². The van der Waals surface area contributed by atoms with Crippen LogP contribution in [0.4, 0.5) is 0 Å². The molecule has 0 radical (unpaired) electrons. The third-order valence-corrected chi connectivity index (χ3v) is 4.28. The fourth-order valence-electron chi connectivity index (χ4n) is 2.84. The van der Waals surface area contributed by atoms with Crippen LogP contribution in [-0.4, -0.2) is 30.8 Å². The summed E-state index contributed by atoms with van der Waals surface area (Å²) in [6.07, 6.45) is 1.97. The second kappa shape index (κ2) is 8.78. The van der Waals surface area contributed by atoms with E-state index in [2.05, 4.69) is 16.5 Å². The predicted octanol–water partition coefficient (Wildman–Crippen LogP) is 2.86. The van der Waals surface area contributed by atoms with Gasteiger partial charge in [-0.3, -0.25) is 4.79 Å². The van der Waals surface area contributed by atoms with E-state index in [0.29, 0.717) is 30.5 Å².